The molecule has 0 spiro atoms. The molecule has 3 N–H and O–H groups in total. The van der Waals surface area contributed by atoms with Crippen LogP contribution < -0.4 is 5.11 Å². The summed E-state index contributed by atoms with van der Waals surface area (Å²) in [6.45, 7) is 10.2. The normalized spacial score (nSPS) is 14.2. The second-order valence-electron chi connectivity index (χ2n) is 3.07. The highest BCUT2D eigenvalue weighted by Gasteiger charge is 2.09. The molecular formula is C11H18N4O2+2. The largest absolute Gasteiger partial charge is 0.506 e. The first kappa shape index (κ1) is 14.8. The highest BCUT2D eigenvalue weighted by Crippen LogP contribution is 2.05. The van der Waals surface area contributed by atoms with Crippen LogP contribution >= 0.6 is 0 Å². The molecule has 0 unspecified atom stereocenters. The zero-order chi connectivity index (χ0) is 13.4. The lowest BCUT2D eigenvalue weighted by Crippen LogP contribution is -2.64. The lowest BCUT2D eigenvalue weighted by atomic mass is 10.4. The van der Waals surface area contributed by atoms with Crippen molar-refractivity contribution in [1.82, 2.24) is 0 Å². The van der Waals surface area contributed by atoms with Gasteiger partial charge in [0.1, 0.15) is 5.76 Å². The maximum Gasteiger partial charge on any atom is 0.296 e. The van der Waals surface area contributed by atoms with E-state index in [-0.39, 0.29) is 11.5 Å². The Kier molecular flexibility index (Phi) is 6.17. The van der Waals surface area contributed by atoms with E-state index < -0.39 is 0 Å². The summed E-state index contributed by atoms with van der Waals surface area (Å²) in [5, 5.41) is 28.6. The Bertz CT molecular complexity index is 431. The molecule has 92 valence electrons. The number of nitrogens with zero attached hydrogens (tertiary/aromatic N) is 3. The van der Waals surface area contributed by atoms with Crippen LogP contribution in [0, 0.1) is 0 Å². The Morgan fingerprint density at radius 3 is 2.12 bits per heavy atom. The Hall–Kier alpha value is -2.24. The van der Waals surface area contributed by atoms with E-state index in [1.54, 1.807) is 33.0 Å². The zero-order valence-corrected chi connectivity index (χ0v) is 10.3. The fraction of sp³-hybridized carbons (Fsp3) is 0.273. The van der Waals surface area contributed by atoms with E-state index in [1.165, 1.54) is 4.81 Å². The van der Waals surface area contributed by atoms with Crippen molar-refractivity contribution in [3.05, 3.63) is 48.2 Å². The Labute approximate surface area is 100 Å². The molecular weight excluding hydrogens is 220 g/mol. The lowest BCUT2D eigenvalue weighted by Gasteiger charge is -1.90. The van der Waals surface area contributed by atoms with Crippen LogP contribution in [0.25, 0.3) is 0 Å². The van der Waals surface area contributed by atoms with Crippen molar-refractivity contribution in [2.24, 2.45) is 10.3 Å². The summed E-state index contributed by atoms with van der Waals surface area (Å²) in [6.07, 6.45) is 3.21. The molecule has 6 heteroatoms. The van der Waals surface area contributed by atoms with Gasteiger partial charge < -0.3 is 10.2 Å². The van der Waals surface area contributed by atoms with Gasteiger partial charge in [0, 0.05) is 5.11 Å². The first-order valence-corrected chi connectivity index (χ1v) is 4.93. The molecule has 0 radical (unpaired) electrons. The third-order valence-electron chi connectivity index (χ3n) is 1.74. The van der Waals surface area contributed by atoms with Crippen molar-refractivity contribution < 1.29 is 20.1 Å². The van der Waals surface area contributed by atoms with Crippen molar-refractivity contribution in [3.63, 3.8) is 0 Å². The van der Waals surface area contributed by atoms with Crippen LogP contribution in [0.15, 0.2) is 58.6 Å². The SMILES string of the molecule is C=C(O)/C(=C\C)N=[N+](C)N=[NH+]/C(=C/C)C(=C)O. The summed E-state index contributed by atoms with van der Waals surface area (Å²) >= 11 is 0. The second kappa shape index (κ2) is 7.10. The molecule has 0 aromatic rings. The van der Waals surface area contributed by atoms with Crippen LogP contribution in [0.2, 0.25) is 0 Å². The van der Waals surface area contributed by atoms with Gasteiger partial charge in [-0.1, -0.05) is 12.7 Å². The summed E-state index contributed by atoms with van der Waals surface area (Å²) in [5.74, 6) is -0.269. The third-order valence-corrected chi connectivity index (χ3v) is 1.74. The van der Waals surface area contributed by atoms with E-state index in [4.69, 9.17) is 10.2 Å². The topological polar surface area (TPSA) is 82.2 Å². The molecule has 0 saturated heterocycles. The quantitative estimate of drug-likeness (QED) is 0.223. The first-order chi connectivity index (χ1) is 7.92. The van der Waals surface area contributed by atoms with Crippen LogP contribution in [0.5, 0.6) is 0 Å². The molecule has 0 saturated carbocycles. The van der Waals surface area contributed by atoms with Crippen LogP contribution in [0.1, 0.15) is 13.8 Å². The minimum Gasteiger partial charge on any atom is -0.506 e. The molecule has 0 bridgehead atoms. The minimum atomic E-state index is -0.146. The molecule has 0 aromatic heterocycles. The van der Waals surface area contributed by atoms with Gasteiger partial charge in [0.2, 0.25) is 0 Å². The van der Waals surface area contributed by atoms with Gasteiger partial charge in [-0.15, -0.1) is 0 Å². The van der Waals surface area contributed by atoms with Crippen LogP contribution in [-0.2, 0) is 0 Å². The van der Waals surface area contributed by atoms with E-state index in [1.807, 2.05) is 0 Å². The smallest absolute Gasteiger partial charge is 0.296 e. The van der Waals surface area contributed by atoms with Gasteiger partial charge in [-0.2, -0.15) is 0 Å². The molecule has 0 aliphatic carbocycles. The highest BCUT2D eigenvalue weighted by atomic mass is 16.3. The standard InChI is InChI=1S/C11H16N4O2/c1-6-10(8(3)16)12-14-15(5)13-11(7-2)9(4)17/h6-7H,3-4H2,1-2,5H3,(H-,16,17)/p+2/b10-6+,11-7+,14-12?,15-13?. The van der Waals surface area contributed by atoms with Crippen molar-refractivity contribution in [2.45, 2.75) is 13.8 Å². The van der Waals surface area contributed by atoms with Crippen LogP contribution in [0.3, 0.4) is 0 Å². The van der Waals surface area contributed by atoms with Crippen LogP contribution in [-0.4, -0.2) is 22.1 Å². The fourth-order valence-electron chi connectivity index (χ4n) is 0.882. The molecule has 17 heavy (non-hydrogen) atoms. The molecule has 0 rings (SSSR count). The summed E-state index contributed by atoms with van der Waals surface area (Å²) in [7, 11) is 1.56. The number of aliphatic hydroxyl groups excluding tert-OH is 2. The number of azo groups is 1. The number of aliphatic hydroxyl groups is 2. The van der Waals surface area contributed by atoms with E-state index >= 15 is 0 Å². The highest BCUT2D eigenvalue weighted by molar-refractivity contribution is 5.17. The number of hydrogen-bond acceptors (Lipinski definition) is 3. The molecule has 0 aromatic carbocycles. The molecule has 0 heterocycles. The Balaban J connectivity index is 4.92. The average molecular weight is 238 g/mol. The van der Waals surface area contributed by atoms with E-state index in [9.17, 15) is 0 Å². The predicted molar refractivity (Wildman–Crippen MR) is 63.1 cm³/mol. The number of hydrogen-bond donors (Lipinski definition) is 3. The van der Waals surface area contributed by atoms with Gasteiger partial charge in [-0.25, -0.2) is 0 Å². The first-order valence-electron chi connectivity index (χ1n) is 4.93. The van der Waals surface area contributed by atoms with E-state index in [0.717, 1.165) is 0 Å². The molecule has 0 aliphatic heterocycles. The molecule has 0 amide bonds. The Morgan fingerprint density at radius 2 is 1.76 bits per heavy atom. The third kappa shape index (κ3) is 5.41. The second-order valence-corrected chi connectivity index (χ2v) is 3.07. The summed E-state index contributed by atoms with van der Waals surface area (Å²) < 4.78 is 0. The van der Waals surface area contributed by atoms with Crippen molar-refractivity contribution >= 4 is 0 Å². The van der Waals surface area contributed by atoms with E-state index in [0.29, 0.717) is 11.4 Å². The minimum absolute atomic E-state index is 0.123. The number of nitrogens with one attached hydrogen (secondary N) is 1. The van der Waals surface area contributed by atoms with Gasteiger partial charge in [-0.3, -0.25) is 0 Å². The predicted octanol–water partition coefficient (Wildman–Crippen LogP) is 1.48. The van der Waals surface area contributed by atoms with E-state index in [2.05, 4.69) is 28.6 Å². The zero-order valence-electron chi connectivity index (χ0n) is 10.3. The van der Waals surface area contributed by atoms with Crippen molar-refractivity contribution in [3.8, 4) is 0 Å². The maximum absolute atomic E-state index is 9.16. The molecule has 6 nitrogen and oxygen atoms in total. The number of allylic oxidation sites excluding steroid dienone is 2. The monoisotopic (exact) mass is 238 g/mol. The lowest BCUT2D eigenvalue weighted by molar-refractivity contribution is -0.703. The van der Waals surface area contributed by atoms with Gasteiger partial charge >= 0.3 is 0 Å². The summed E-state index contributed by atoms with van der Waals surface area (Å²) in [5.41, 5.74) is 0.680. The number of rotatable bonds is 5. The van der Waals surface area contributed by atoms with Crippen LogP contribution in [0.4, 0.5) is 0 Å². The van der Waals surface area contributed by atoms with Crippen molar-refractivity contribution in [2.75, 3.05) is 7.05 Å². The van der Waals surface area contributed by atoms with Gasteiger partial charge in [0.25, 0.3) is 10.9 Å². The van der Waals surface area contributed by atoms with Crippen molar-refractivity contribution in [1.29, 1.82) is 0 Å². The summed E-state index contributed by atoms with van der Waals surface area (Å²) in [4.78, 5) is 1.20. The fourth-order valence-corrected chi connectivity index (χ4v) is 0.882. The summed E-state index contributed by atoms with van der Waals surface area (Å²) in [6, 6.07) is 0. The van der Waals surface area contributed by atoms with Gasteiger partial charge in [-0.05, 0) is 31.6 Å². The molecule has 0 aliphatic rings. The molecule has 0 atom stereocenters. The molecule has 0 fully saturated rings. The maximum atomic E-state index is 9.16. The average Bonchev–Trinajstić information content (AvgIpc) is 2.25. The van der Waals surface area contributed by atoms with Gasteiger partial charge in [0.05, 0.1) is 4.81 Å². The van der Waals surface area contributed by atoms with Gasteiger partial charge in [0.15, 0.2) is 18.5 Å². The Morgan fingerprint density at radius 1 is 1.18 bits per heavy atom.